The van der Waals surface area contributed by atoms with Gasteiger partial charge in [-0.05, 0) is 18.2 Å². The Morgan fingerprint density at radius 1 is 1.47 bits per heavy atom. The standard InChI is InChI=1S/C12H11ClO4/c1-16-11(15)12(4-5-12)17-10-3-2-8(7-14)6-9(10)13/h2-3,6-7H,4-5H2,1H3. The second kappa shape index (κ2) is 4.37. The summed E-state index contributed by atoms with van der Waals surface area (Å²) in [6.07, 6.45) is 1.93. The third-order valence-electron chi connectivity index (χ3n) is 2.66. The SMILES string of the molecule is COC(=O)C1(Oc2ccc(C=O)cc2Cl)CC1. The summed E-state index contributed by atoms with van der Waals surface area (Å²) < 4.78 is 10.2. The highest BCUT2D eigenvalue weighted by molar-refractivity contribution is 6.32. The van der Waals surface area contributed by atoms with E-state index in [0.717, 1.165) is 0 Å². The van der Waals surface area contributed by atoms with E-state index < -0.39 is 11.6 Å². The molecule has 1 aliphatic carbocycles. The van der Waals surface area contributed by atoms with Gasteiger partial charge in [-0.1, -0.05) is 11.6 Å². The van der Waals surface area contributed by atoms with Crippen LogP contribution in [0, 0.1) is 0 Å². The molecule has 5 heteroatoms. The Kier molecular flexibility index (Phi) is 3.07. The maximum Gasteiger partial charge on any atom is 0.350 e. The van der Waals surface area contributed by atoms with Gasteiger partial charge in [0.2, 0.25) is 5.60 Å². The van der Waals surface area contributed by atoms with E-state index in [1.165, 1.54) is 13.2 Å². The van der Waals surface area contributed by atoms with Crippen LogP contribution in [0.1, 0.15) is 23.2 Å². The Labute approximate surface area is 103 Å². The quantitative estimate of drug-likeness (QED) is 0.611. The fraction of sp³-hybridized carbons (Fsp3) is 0.333. The maximum absolute atomic E-state index is 11.5. The molecular formula is C12H11ClO4. The molecule has 0 heterocycles. The number of ether oxygens (including phenoxy) is 2. The maximum atomic E-state index is 11.5. The molecule has 0 N–H and O–H groups in total. The third kappa shape index (κ3) is 2.26. The Bertz CT molecular complexity index is 466. The number of hydrogen-bond acceptors (Lipinski definition) is 4. The zero-order valence-corrected chi connectivity index (χ0v) is 9.99. The van der Waals surface area contributed by atoms with Gasteiger partial charge >= 0.3 is 5.97 Å². The molecule has 1 aromatic rings. The molecule has 1 saturated carbocycles. The number of methoxy groups -OCH3 is 1. The molecule has 0 aromatic heterocycles. The Hall–Kier alpha value is -1.55. The lowest BCUT2D eigenvalue weighted by atomic mass is 10.2. The summed E-state index contributed by atoms with van der Waals surface area (Å²) in [7, 11) is 1.32. The molecule has 0 radical (unpaired) electrons. The predicted molar refractivity (Wildman–Crippen MR) is 61.4 cm³/mol. The van der Waals surface area contributed by atoms with Crippen molar-refractivity contribution in [1.82, 2.24) is 0 Å². The molecule has 0 spiro atoms. The molecule has 1 aromatic carbocycles. The van der Waals surface area contributed by atoms with Gasteiger partial charge in [-0.2, -0.15) is 0 Å². The van der Waals surface area contributed by atoms with Gasteiger partial charge in [0.15, 0.2) is 0 Å². The summed E-state index contributed by atoms with van der Waals surface area (Å²) in [5, 5.41) is 0.310. The summed E-state index contributed by atoms with van der Waals surface area (Å²) in [5.74, 6) is -0.00630. The van der Waals surface area contributed by atoms with Gasteiger partial charge in [-0.3, -0.25) is 4.79 Å². The van der Waals surface area contributed by atoms with Gasteiger partial charge in [-0.15, -0.1) is 0 Å². The summed E-state index contributed by atoms with van der Waals surface area (Å²) >= 11 is 5.95. The number of carbonyl (C=O) groups is 2. The summed E-state index contributed by atoms with van der Waals surface area (Å²) in [6, 6.07) is 4.66. The van der Waals surface area contributed by atoms with E-state index in [1.807, 2.05) is 0 Å². The average molecular weight is 255 g/mol. The van der Waals surface area contributed by atoms with Crippen LogP contribution in [0.4, 0.5) is 0 Å². The van der Waals surface area contributed by atoms with Crippen LogP contribution in [0.15, 0.2) is 18.2 Å². The second-order valence-electron chi connectivity index (χ2n) is 3.90. The highest BCUT2D eigenvalue weighted by Gasteiger charge is 2.54. The molecule has 2 rings (SSSR count). The number of esters is 1. The molecule has 90 valence electrons. The number of benzene rings is 1. The van der Waals surface area contributed by atoms with Crippen molar-refractivity contribution in [2.45, 2.75) is 18.4 Å². The van der Waals surface area contributed by atoms with Crippen LogP contribution in [0.2, 0.25) is 5.02 Å². The number of hydrogen-bond donors (Lipinski definition) is 0. The monoisotopic (exact) mass is 254 g/mol. The van der Waals surface area contributed by atoms with Crippen LogP contribution >= 0.6 is 11.6 Å². The minimum absolute atomic E-state index is 0.310. The van der Waals surface area contributed by atoms with E-state index in [9.17, 15) is 9.59 Å². The normalized spacial score (nSPS) is 16.1. The van der Waals surface area contributed by atoms with Crippen molar-refractivity contribution in [2.75, 3.05) is 7.11 Å². The first-order valence-corrected chi connectivity index (χ1v) is 5.51. The predicted octanol–water partition coefficient (Wildman–Crippen LogP) is 2.24. The van der Waals surface area contributed by atoms with Gasteiger partial charge in [-0.25, -0.2) is 4.79 Å². The lowest BCUT2D eigenvalue weighted by molar-refractivity contribution is -0.151. The molecule has 17 heavy (non-hydrogen) atoms. The first-order valence-electron chi connectivity index (χ1n) is 5.13. The first-order chi connectivity index (χ1) is 8.11. The number of halogens is 1. The Morgan fingerprint density at radius 2 is 2.18 bits per heavy atom. The van der Waals surface area contributed by atoms with Crippen LogP contribution in [0.25, 0.3) is 0 Å². The molecule has 1 aliphatic rings. The van der Waals surface area contributed by atoms with Crippen LogP contribution in [0.3, 0.4) is 0 Å². The number of carbonyl (C=O) groups excluding carboxylic acids is 2. The van der Waals surface area contributed by atoms with E-state index in [2.05, 4.69) is 4.74 Å². The lowest BCUT2D eigenvalue weighted by Crippen LogP contribution is -2.30. The van der Waals surface area contributed by atoms with Crippen molar-refractivity contribution in [3.05, 3.63) is 28.8 Å². The minimum atomic E-state index is -0.888. The number of rotatable bonds is 4. The molecule has 0 bridgehead atoms. The highest BCUT2D eigenvalue weighted by Crippen LogP contribution is 2.43. The van der Waals surface area contributed by atoms with Crippen molar-refractivity contribution >= 4 is 23.9 Å². The van der Waals surface area contributed by atoms with Crippen molar-refractivity contribution in [3.63, 3.8) is 0 Å². The molecule has 0 saturated heterocycles. The van der Waals surface area contributed by atoms with Crippen LogP contribution in [-0.2, 0) is 9.53 Å². The summed E-state index contributed by atoms with van der Waals surface area (Å²) in [5.41, 5.74) is -0.425. The zero-order valence-electron chi connectivity index (χ0n) is 9.23. The fourth-order valence-electron chi connectivity index (χ4n) is 1.53. The summed E-state index contributed by atoms with van der Waals surface area (Å²) in [4.78, 5) is 22.0. The van der Waals surface area contributed by atoms with E-state index in [0.29, 0.717) is 35.5 Å². The largest absolute Gasteiger partial charge is 0.474 e. The molecule has 1 fully saturated rings. The Balaban J connectivity index is 2.19. The topological polar surface area (TPSA) is 52.6 Å². The highest BCUT2D eigenvalue weighted by atomic mass is 35.5. The van der Waals surface area contributed by atoms with Gasteiger partial charge in [0.1, 0.15) is 12.0 Å². The summed E-state index contributed by atoms with van der Waals surface area (Å²) in [6.45, 7) is 0. The van der Waals surface area contributed by atoms with E-state index in [-0.39, 0.29) is 0 Å². The van der Waals surface area contributed by atoms with Crippen molar-refractivity contribution in [1.29, 1.82) is 0 Å². The molecule has 0 unspecified atom stereocenters. The fourth-order valence-corrected chi connectivity index (χ4v) is 1.76. The van der Waals surface area contributed by atoms with E-state index in [4.69, 9.17) is 16.3 Å². The molecule has 0 aliphatic heterocycles. The molecular weight excluding hydrogens is 244 g/mol. The first kappa shape index (κ1) is 11.9. The van der Waals surface area contributed by atoms with E-state index >= 15 is 0 Å². The minimum Gasteiger partial charge on any atom is -0.474 e. The molecule has 0 amide bonds. The second-order valence-corrected chi connectivity index (χ2v) is 4.30. The van der Waals surface area contributed by atoms with Crippen molar-refractivity contribution in [3.8, 4) is 5.75 Å². The third-order valence-corrected chi connectivity index (χ3v) is 2.95. The van der Waals surface area contributed by atoms with Gasteiger partial charge < -0.3 is 9.47 Å². The smallest absolute Gasteiger partial charge is 0.350 e. The van der Waals surface area contributed by atoms with Gasteiger partial charge in [0.05, 0.1) is 12.1 Å². The van der Waals surface area contributed by atoms with Crippen LogP contribution in [-0.4, -0.2) is 25.0 Å². The van der Waals surface area contributed by atoms with Gasteiger partial charge in [0, 0.05) is 18.4 Å². The number of aldehydes is 1. The zero-order chi connectivity index (χ0) is 12.5. The molecule has 4 nitrogen and oxygen atoms in total. The van der Waals surface area contributed by atoms with Crippen molar-refractivity contribution < 1.29 is 19.1 Å². The van der Waals surface area contributed by atoms with Crippen LogP contribution < -0.4 is 4.74 Å². The Morgan fingerprint density at radius 3 is 2.65 bits per heavy atom. The van der Waals surface area contributed by atoms with Gasteiger partial charge in [0.25, 0.3) is 0 Å². The van der Waals surface area contributed by atoms with Crippen molar-refractivity contribution in [2.24, 2.45) is 0 Å². The lowest BCUT2D eigenvalue weighted by Gasteiger charge is -2.16. The average Bonchev–Trinajstić information content (AvgIpc) is 3.11. The van der Waals surface area contributed by atoms with Crippen LogP contribution in [0.5, 0.6) is 5.75 Å². The molecule has 0 atom stereocenters. The van der Waals surface area contributed by atoms with E-state index in [1.54, 1.807) is 12.1 Å².